The minimum absolute atomic E-state index is 0.490. The number of halogens is 1. The van der Waals surface area contributed by atoms with Gasteiger partial charge in [0.25, 0.3) is 0 Å². The molecule has 58 valence electrons. The standard InChI is InChI=1S/C8H8BrNO/c1-2-6-11-8-5-3-4-7(9)10-8/h2-5H,1,6H2. The van der Waals surface area contributed by atoms with E-state index in [1.807, 2.05) is 12.1 Å². The van der Waals surface area contributed by atoms with Crippen LogP contribution in [0.15, 0.2) is 35.5 Å². The van der Waals surface area contributed by atoms with Crippen LogP contribution in [0.2, 0.25) is 0 Å². The summed E-state index contributed by atoms with van der Waals surface area (Å²) in [6, 6.07) is 5.52. The Kier molecular flexibility index (Phi) is 3.11. The predicted molar refractivity (Wildman–Crippen MR) is 47.6 cm³/mol. The van der Waals surface area contributed by atoms with Crippen molar-refractivity contribution in [3.63, 3.8) is 0 Å². The van der Waals surface area contributed by atoms with E-state index in [-0.39, 0.29) is 0 Å². The van der Waals surface area contributed by atoms with E-state index in [4.69, 9.17) is 4.74 Å². The van der Waals surface area contributed by atoms with E-state index < -0.39 is 0 Å². The molecule has 0 fully saturated rings. The van der Waals surface area contributed by atoms with Crippen molar-refractivity contribution in [2.75, 3.05) is 6.61 Å². The van der Waals surface area contributed by atoms with Crippen LogP contribution >= 0.6 is 15.9 Å². The largest absolute Gasteiger partial charge is 0.473 e. The smallest absolute Gasteiger partial charge is 0.214 e. The Morgan fingerprint density at radius 1 is 1.64 bits per heavy atom. The van der Waals surface area contributed by atoms with Crippen LogP contribution in [0.5, 0.6) is 5.88 Å². The maximum atomic E-state index is 5.18. The van der Waals surface area contributed by atoms with Crippen LogP contribution in [-0.2, 0) is 0 Å². The van der Waals surface area contributed by atoms with Crippen LogP contribution in [0, 0.1) is 0 Å². The minimum Gasteiger partial charge on any atom is -0.473 e. The van der Waals surface area contributed by atoms with Gasteiger partial charge in [0, 0.05) is 6.07 Å². The highest BCUT2D eigenvalue weighted by Gasteiger charge is 1.92. The first-order chi connectivity index (χ1) is 5.33. The molecule has 0 aliphatic heterocycles. The van der Waals surface area contributed by atoms with Crippen LogP contribution in [0.4, 0.5) is 0 Å². The average Bonchev–Trinajstić information content (AvgIpc) is 2.01. The second kappa shape index (κ2) is 4.13. The fraction of sp³-hybridized carbons (Fsp3) is 0.125. The lowest BCUT2D eigenvalue weighted by molar-refractivity contribution is 0.348. The lowest BCUT2D eigenvalue weighted by Crippen LogP contribution is -1.94. The van der Waals surface area contributed by atoms with E-state index in [1.54, 1.807) is 12.1 Å². The van der Waals surface area contributed by atoms with Crippen LogP contribution < -0.4 is 4.74 Å². The maximum absolute atomic E-state index is 5.18. The molecule has 0 unspecified atom stereocenters. The van der Waals surface area contributed by atoms with Gasteiger partial charge in [-0.1, -0.05) is 18.7 Å². The molecule has 0 aliphatic carbocycles. The molecule has 1 heterocycles. The number of hydrogen-bond acceptors (Lipinski definition) is 2. The van der Waals surface area contributed by atoms with Crippen LogP contribution in [0.1, 0.15) is 0 Å². The van der Waals surface area contributed by atoms with Gasteiger partial charge < -0.3 is 4.74 Å². The summed E-state index contributed by atoms with van der Waals surface area (Å²) in [7, 11) is 0. The Morgan fingerprint density at radius 3 is 3.09 bits per heavy atom. The predicted octanol–water partition coefficient (Wildman–Crippen LogP) is 2.41. The lowest BCUT2D eigenvalue weighted by Gasteiger charge is -2.00. The first kappa shape index (κ1) is 8.27. The van der Waals surface area contributed by atoms with Gasteiger partial charge in [0.15, 0.2) is 0 Å². The molecule has 2 nitrogen and oxygen atoms in total. The SMILES string of the molecule is C=CCOc1cccc(Br)n1. The van der Waals surface area contributed by atoms with E-state index in [0.29, 0.717) is 12.5 Å². The number of pyridine rings is 1. The monoisotopic (exact) mass is 213 g/mol. The fourth-order valence-electron chi connectivity index (χ4n) is 0.614. The van der Waals surface area contributed by atoms with Crippen molar-refractivity contribution >= 4 is 15.9 Å². The van der Waals surface area contributed by atoms with Crippen LogP contribution in [-0.4, -0.2) is 11.6 Å². The minimum atomic E-state index is 0.490. The molecular formula is C8H8BrNO. The van der Waals surface area contributed by atoms with Gasteiger partial charge in [-0.3, -0.25) is 0 Å². The van der Waals surface area contributed by atoms with Gasteiger partial charge in [-0.25, -0.2) is 4.98 Å². The van der Waals surface area contributed by atoms with Gasteiger partial charge in [0.2, 0.25) is 5.88 Å². The molecule has 0 saturated heterocycles. The van der Waals surface area contributed by atoms with Gasteiger partial charge in [-0.15, -0.1) is 0 Å². The molecule has 0 spiro atoms. The van der Waals surface area contributed by atoms with Crippen LogP contribution in [0.3, 0.4) is 0 Å². The molecule has 0 aliphatic rings. The molecule has 0 N–H and O–H groups in total. The average molecular weight is 214 g/mol. The molecule has 1 aromatic rings. The third kappa shape index (κ3) is 2.72. The molecule has 1 rings (SSSR count). The molecule has 0 amide bonds. The summed E-state index contributed by atoms with van der Waals surface area (Å²) in [5, 5.41) is 0. The van der Waals surface area contributed by atoms with Gasteiger partial charge in [-0.05, 0) is 22.0 Å². The normalized spacial score (nSPS) is 9.18. The zero-order valence-corrected chi connectivity index (χ0v) is 7.54. The van der Waals surface area contributed by atoms with E-state index in [2.05, 4.69) is 27.5 Å². The molecular weight excluding hydrogens is 206 g/mol. The summed E-state index contributed by atoms with van der Waals surface area (Å²) in [4.78, 5) is 4.06. The van der Waals surface area contributed by atoms with Gasteiger partial charge in [-0.2, -0.15) is 0 Å². The Morgan fingerprint density at radius 2 is 2.45 bits per heavy atom. The maximum Gasteiger partial charge on any atom is 0.214 e. The van der Waals surface area contributed by atoms with Gasteiger partial charge in [0.1, 0.15) is 11.2 Å². The van der Waals surface area contributed by atoms with Gasteiger partial charge in [0.05, 0.1) is 0 Å². The number of hydrogen-bond donors (Lipinski definition) is 0. The fourth-order valence-corrected chi connectivity index (χ4v) is 0.942. The van der Waals surface area contributed by atoms with Crippen molar-refractivity contribution in [3.8, 4) is 5.88 Å². The van der Waals surface area contributed by atoms with Crippen molar-refractivity contribution in [2.24, 2.45) is 0 Å². The number of aromatic nitrogens is 1. The van der Waals surface area contributed by atoms with Crippen molar-refractivity contribution < 1.29 is 4.74 Å². The first-order valence-corrected chi connectivity index (χ1v) is 3.98. The highest BCUT2D eigenvalue weighted by atomic mass is 79.9. The molecule has 0 atom stereocenters. The van der Waals surface area contributed by atoms with Crippen LogP contribution in [0.25, 0.3) is 0 Å². The highest BCUT2D eigenvalue weighted by Crippen LogP contribution is 2.11. The quantitative estimate of drug-likeness (QED) is 0.569. The second-order valence-electron chi connectivity index (χ2n) is 1.90. The van der Waals surface area contributed by atoms with Crippen molar-refractivity contribution in [3.05, 3.63) is 35.5 Å². The molecule has 0 aromatic carbocycles. The molecule has 0 bridgehead atoms. The highest BCUT2D eigenvalue weighted by molar-refractivity contribution is 9.10. The zero-order valence-electron chi connectivity index (χ0n) is 5.96. The van der Waals surface area contributed by atoms with Crippen molar-refractivity contribution in [1.82, 2.24) is 4.98 Å². The molecule has 3 heteroatoms. The van der Waals surface area contributed by atoms with E-state index in [1.165, 1.54) is 0 Å². The summed E-state index contributed by atoms with van der Waals surface area (Å²) in [5.41, 5.74) is 0. The van der Waals surface area contributed by atoms with E-state index in [0.717, 1.165) is 4.60 Å². The summed E-state index contributed by atoms with van der Waals surface area (Å²) >= 11 is 3.24. The number of nitrogens with zero attached hydrogens (tertiary/aromatic N) is 1. The summed E-state index contributed by atoms with van der Waals surface area (Å²) in [5.74, 6) is 0.610. The molecule has 1 aromatic heterocycles. The zero-order chi connectivity index (χ0) is 8.10. The lowest BCUT2D eigenvalue weighted by atomic mass is 10.5. The third-order valence-electron chi connectivity index (χ3n) is 1.04. The van der Waals surface area contributed by atoms with Crippen molar-refractivity contribution in [1.29, 1.82) is 0 Å². The summed E-state index contributed by atoms with van der Waals surface area (Å²) < 4.78 is 5.95. The summed E-state index contributed by atoms with van der Waals surface area (Å²) in [6.07, 6.45) is 1.68. The molecule has 0 radical (unpaired) electrons. The Bertz CT molecular complexity index is 250. The Balaban J connectivity index is 2.63. The third-order valence-corrected chi connectivity index (χ3v) is 1.48. The van der Waals surface area contributed by atoms with Crippen molar-refractivity contribution in [2.45, 2.75) is 0 Å². The first-order valence-electron chi connectivity index (χ1n) is 3.19. The Labute approximate surface area is 74.0 Å². The van der Waals surface area contributed by atoms with Gasteiger partial charge >= 0.3 is 0 Å². The molecule has 11 heavy (non-hydrogen) atoms. The summed E-state index contributed by atoms with van der Waals surface area (Å²) in [6.45, 7) is 4.02. The Hall–Kier alpha value is -0.830. The molecule has 0 saturated carbocycles. The number of rotatable bonds is 3. The van der Waals surface area contributed by atoms with E-state index in [9.17, 15) is 0 Å². The second-order valence-corrected chi connectivity index (χ2v) is 2.71. The van der Waals surface area contributed by atoms with E-state index >= 15 is 0 Å². The number of ether oxygens (including phenoxy) is 1. The topological polar surface area (TPSA) is 22.1 Å².